The Bertz CT molecular complexity index is 519. The number of carboxylic acid groups (broad SMARTS) is 1. The summed E-state index contributed by atoms with van der Waals surface area (Å²) in [5.74, 6) is -1.57. The second-order valence-corrected chi connectivity index (χ2v) is 7.10. The van der Waals surface area contributed by atoms with Gasteiger partial charge in [0.1, 0.15) is 5.69 Å². The summed E-state index contributed by atoms with van der Waals surface area (Å²) in [4.78, 5) is 27.6. The van der Waals surface area contributed by atoms with Gasteiger partial charge in [0.2, 0.25) is 0 Å². The van der Waals surface area contributed by atoms with Gasteiger partial charge in [0.05, 0.1) is 10.9 Å². The van der Waals surface area contributed by atoms with Crippen LogP contribution in [0.5, 0.6) is 0 Å². The van der Waals surface area contributed by atoms with Crippen LogP contribution in [0.4, 0.5) is 0 Å². The lowest BCUT2D eigenvalue weighted by Crippen LogP contribution is -2.40. The first-order valence-corrected chi connectivity index (χ1v) is 7.66. The summed E-state index contributed by atoms with van der Waals surface area (Å²) in [7, 11) is 0. The molecule has 0 radical (unpaired) electrons. The number of aromatic nitrogens is 1. The Morgan fingerprint density at radius 3 is 2.65 bits per heavy atom. The summed E-state index contributed by atoms with van der Waals surface area (Å²) in [6.45, 7) is 6.14. The fourth-order valence-electron chi connectivity index (χ4n) is 2.39. The van der Waals surface area contributed by atoms with Gasteiger partial charge in [-0.15, -0.1) is 11.3 Å². The summed E-state index contributed by atoms with van der Waals surface area (Å²) in [6.07, 6.45) is 2.19. The van der Waals surface area contributed by atoms with Crippen LogP contribution in [-0.4, -0.2) is 28.0 Å². The molecule has 1 heterocycles. The number of nitrogens with zero attached hydrogens (tertiary/aromatic N) is 1. The number of rotatable bonds is 3. The van der Waals surface area contributed by atoms with Gasteiger partial charge in [0.25, 0.3) is 5.91 Å². The van der Waals surface area contributed by atoms with Crippen LogP contribution in [0.2, 0.25) is 0 Å². The summed E-state index contributed by atoms with van der Waals surface area (Å²) >= 11 is 1.46. The molecule has 0 spiro atoms. The third-order valence-corrected chi connectivity index (χ3v) is 4.80. The maximum absolute atomic E-state index is 12.1. The number of hydrogen-bond acceptors (Lipinski definition) is 4. The van der Waals surface area contributed by atoms with Gasteiger partial charge in [0.15, 0.2) is 0 Å². The molecule has 0 bridgehead atoms. The molecule has 1 aliphatic rings. The van der Waals surface area contributed by atoms with Gasteiger partial charge in [-0.3, -0.25) is 9.59 Å². The number of nitrogens with one attached hydrogen (secondary N) is 1. The monoisotopic (exact) mass is 296 g/mol. The summed E-state index contributed by atoms with van der Waals surface area (Å²) < 4.78 is 0. The van der Waals surface area contributed by atoms with E-state index in [1.54, 1.807) is 5.38 Å². The van der Waals surface area contributed by atoms with E-state index in [1.807, 2.05) is 20.8 Å². The highest BCUT2D eigenvalue weighted by Gasteiger charge is 2.34. The Kier molecular flexibility index (Phi) is 4.13. The van der Waals surface area contributed by atoms with Crippen LogP contribution in [-0.2, 0) is 10.2 Å². The molecule has 0 unspecified atom stereocenters. The van der Waals surface area contributed by atoms with Crippen molar-refractivity contribution in [1.82, 2.24) is 10.3 Å². The lowest BCUT2D eigenvalue weighted by Gasteiger charge is -2.17. The van der Waals surface area contributed by atoms with Crippen molar-refractivity contribution in [1.29, 1.82) is 0 Å². The molecule has 1 fully saturated rings. The molecule has 6 heteroatoms. The molecule has 20 heavy (non-hydrogen) atoms. The first-order chi connectivity index (χ1) is 9.29. The zero-order valence-electron chi connectivity index (χ0n) is 12.0. The molecule has 1 aliphatic carbocycles. The van der Waals surface area contributed by atoms with Gasteiger partial charge in [-0.1, -0.05) is 27.2 Å². The van der Waals surface area contributed by atoms with Gasteiger partial charge in [-0.25, -0.2) is 4.98 Å². The van der Waals surface area contributed by atoms with Crippen molar-refractivity contribution in [3.05, 3.63) is 16.1 Å². The minimum atomic E-state index is -0.832. The lowest BCUT2D eigenvalue weighted by molar-refractivity contribution is -0.142. The highest BCUT2D eigenvalue weighted by Crippen LogP contribution is 2.27. The molecule has 0 saturated heterocycles. The van der Waals surface area contributed by atoms with E-state index in [4.69, 9.17) is 5.11 Å². The molecule has 1 aromatic rings. The summed E-state index contributed by atoms with van der Waals surface area (Å²) in [5, 5.41) is 14.6. The summed E-state index contributed by atoms with van der Waals surface area (Å²) in [5.41, 5.74) is 0.302. The van der Waals surface area contributed by atoms with Crippen LogP contribution in [0.3, 0.4) is 0 Å². The SMILES string of the molecule is CC(C)(C)c1nc(C(=O)N[C@@H]2CCC[C@@H]2C(=O)O)cs1. The standard InChI is InChI=1S/C14H20N2O3S/c1-14(2,3)13-16-10(7-20-13)11(17)15-9-6-4-5-8(9)12(18)19/h7-9H,4-6H2,1-3H3,(H,15,17)(H,18,19)/t8-,9+/m0/s1. The van der Waals surface area contributed by atoms with E-state index in [2.05, 4.69) is 10.3 Å². The molecule has 0 aromatic carbocycles. The molecule has 1 amide bonds. The fraction of sp³-hybridized carbons (Fsp3) is 0.643. The second kappa shape index (κ2) is 5.52. The largest absolute Gasteiger partial charge is 0.481 e. The number of carbonyl (C=O) groups is 2. The normalized spacial score (nSPS) is 22.8. The maximum Gasteiger partial charge on any atom is 0.308 e. The first-order valence-electron chi connectivity index (χ1n) is 6.78. The average molecular weight is 296 g/mol. The quantitative estimate of drug-likeness (QED) is 0.897. The van der Waals surface area contributed by atoms with E-state index < -0.39 is 11.9 Å². The molecule has 0 aliphatic heterocycles. The van der Waals surface area contributed by atoms with E-state index >= 15 is 0 Å². The van der Waals surface area contributed by atoms with Crippen LogP contribution in [0, 0.1) is 5.92 Å². The van der Waals surface area contributed by atoms with Crippen molar-refractivity contribution in [2.45, 2.75) is 51.5 Å². The van der Waals surface area contributed by atoms with Crippen LogP contribution in [0.15, 0.2) is 5.38 Å². The minimum Gasteiger partial charge on any atom is -0.481 e. The first kappa shape index (κ1) is 15.0. The minimum absolute atomic E-state index is 0.0832. The molecule has 2 atom stereocenters. The third kappa shape index (κ3) is 3.17. The second-order valence-electron chi connectivity index (χ2n) is 6.24. The van der Waals surface area contributed by atoms with Gasteiger partial charge in [-0.05, 0) is 12.8 Å². The van der Waals surface area contributed by atoms with Crippen molar-refractivity contribution < 1.29 is 14.7 Å². The molecule has 5 nitrogen and oxygen atoms in total. The fourth-order valence-corrected chi connectivity index (χ4v) is 3.28. The summed E-state index contributed by atoms with van der Waals surface area (Å²) in [6, 6.07) is -0.278. The van der Waals surface area contributed by atoms with Gasteiger partial charge >= 0.3 is 5.97 Å². The zero-order valence-corrected chi connectivity index (χ0v) is 12.8. The highest BCUT2D eigenvalue weighted by atomic mass is 32.1. The van der Waals surface area contributed by atoms with E-state index in [0.717, 1.165) is 17.8 Å². The Hall–Kier alpha value is -1.43. The smallest absolute Gasteiger partial charge is 0.308 e. The predicted molar refractivity (Wildman–Crippen MR) is 77.0 cm³/mol. The molecule has 1 aromatic heterocycles. The maximum atomic E-state index is 12.1. The number of hydrogen-bond donors (Lipinski definition) is 2. The van der Waals surface area contributed by atoms with Gasteiger partial charge in [-0.2, -0.15) is 0 Å². The predicted octanol–water partition coefficient (Wildman–Crippen LogP) is 2.42. The highest BCUT2D eigenvalue weighted by molar-refractivity contribution is 7.10. The van der Waals surface area contributed by atoms with Crippen LogP contribution in [0.1, 0.15) is 55.5 Å². The van der Waals surface area contributed by atoms with E-state index in [-0.39, 0.29) is 17.4 Å². The average Bonchev–Trinajstić information content (AvgIpc) is 2.95. The van der Waals surface area contributed by atoms with Crippen LogP contribution >= 0.6 is 11.3 Å². The number of thiazole rings is 1. The molecular formula is C14H20N2O3S. The molecule has 1 saturated carbocycles. The van der Waals surface area contributed by atoms with Gasteiger partial charge < -0.3 is 10.4 Å². The number of carbonyl (C=O) groups excluding carboxylic acids is 1. The Balaban J connectivity index is 2.05. The van der Waals surface area contributed by atoms with Crippen LogP contribution < -0.4 is 5.32 Å². The molecule has 2 N–H and O–H groups in total. The number of aliphatic carboxylic acids is 1. The van der Waals surface area contributed by atoms with Crippen molar-refractivity contribution >= 4 is 23.2 Å². The Morgan fingerprint density at radius 1 is 1.40 bits per heavy atom. The van der Waals surface area contributed by atoms with E-state index in [0.29, 0.717) is 12.1 Å². The molecule has 110 valence electrons. The van der Waals surface area contributed by atoms with Gasteiger partial charge in [0, 0.05) is 16.8 Å². The van der Waals surface area contributed by atoms with E-state index in [1.165, 1.54) is 11.3 Å². The molecular weight excluding hydrogens is 276 g/mol. The van der Waals surface area contributed by atoms with Crippen molar-refractivity contribution in [3.63, 3.8) is 0 Å². The topological polar surface area (TPSA) is 79.3 Å². The molecule has 2 rings (SSSR count). The van der Waals surface area contributed by atoms with Crippen molar-refractivity contribution in [2.75, 3.05) is 0 Å². The lowest BCUT2D eigenvalue weighted by atomic mass is 9.98. The van der Waals surface area contributed by atoms with Crippen molar-refractivity contribution in [3.8, 4) is 0 Å². The third-order valence-electron chi connectivity index (χ3n) is 3.53. The number of carboxylic acids is 1. The van der Waals surface area contributed by atoms with E-state index in [9.17, 15) is 9.59 Å². The Morgan fingerprint density at radius 2 is 2.10 bits per heavy atom. The van der Waals surface area contributed by atoms with Crippen LogP contribution in [0.25, 0.3) is 0 Å². The zero-order chi connectivity index (χ0) is 14.9. The Labute approximate surface area is 122 Å². The van der Waals surface area contributed by atoms with Crippen molar-refractivity contribution in [2.24, 2.45) is 5.92 Å². The number of amides is 1.